The van der Waals surface area contributed by atoms with Crippen molar-refractivity contribution in [2.45, 2.75) is 26.1 Å². The van der Waals surface area contributed by atoms with E-state index in [9.17, 15) is 5.11 Å². The molecular weight excluding hydrogens is 278 g/mol. The van der Waals surface area contributed by atoms with E-state index < -0.39 is 6.10 Å². The quantitative estimate of drug-likeness (QED) is 0.891. The van der Waals surface area contributed by atoms with E-state index in [0.29, 0.717) is 13.2 Å². The van der Waals surface area contributed by atoms with Gasteiger partial charge in [-0.2, -0.15) is 0 Å². The molecule has 1 heterocycles. The lowest BCUT2D eigenvalue weighted by molar-refractivity contribution is 0.169. The summed E-state index contributed by atoms with van der Waals surface area (Å²) < 4.78 is 11.3. The molecule has 0 saturated heterocycles. The van der Waals surface area contributed by atoms with E-state index in [4.69, 9.17) is 9.47 Å². The molecule has 0 spiro atoms. The molecule has 1 aliphatic rings. The van der Waals surface area contributed by atoms with E-state index in [1.807, 2.05) is 36.4 Å². The lowest BCUT2D eigenvalue weighted by atomic mass is 10.1. The third-order valence-corrected chi connectivity index (χ3v) is 3.75. The van der Waals surface area contributed by atoms with Gasteiger partial charge in [-0.15, -0.1) is 0 Å². The van der Waals surface area contributed by atoms with Crippen LogP contribution in [0.1, 0.15) is 29.7 Å². The number of hydrogen-bond acceptors (Lipinski definition) is 4. The highest BCUT2D eigenvalue weighted by Gasteiger charge is 2.14. The smallest absolute Gasteiger partial charge is 0.165 e. The fourth-order valence-corrected chi connectivity index (χ4v) is 2.53. The molecule has 3 rings (SSSR count). The molecule has 22 heavy (non-hydrogen) atoms. The van der Waals surface area contributed by atoms with Crippen LogP contribution in [0.15, 0.2) is 42.5 Å². The Morgan fingerprint density at radius 2 is 1.82 bits per heavy atom. The molecule has 116 valence electrons. The minimum absolute atomic E-state index is 0.421. The number of aliphatic hydroxyl groups excluding tert-OH is 1. The second-order valence-electron chi connectivity index (χ2n) is 5.46. The Morgan fingerprint density at radius 1 is 1.05 bits per heavy atom. The molecule has 0 aromatic heterocycles. The number of nitrogens with one attached hydrogen (secondary N) is 1. The van der Waals surface area contributed by atoms with Crippen LogP contribution in [-0.2, 0) is 13.1 Å². The second kappa shape index (κ2) is 6.81. The fraction of sp³-hybridized carbons (Fsp3) is 0.333. The number of benzene rings is 2. The van der Waals surface area contributed by atoms with Gasteiger partial charge >= 0.3 is 0 Å². The summed E-state index contributed by atoms with van der Waals surface area (Å²) in [6.45, 7) is 4.48. The molecule has 0 saturated carbocycles. The zero-order chi connectivity index (χ0) is 15.4. The van der Waals surface area contributed by atoms with Crippen molar-refractivity contribution in [3.8, 4) is 11.5 Å². The highest BCUT2D eigenvalue weighted by Crippen LogP contribution is 2.33. The van der Waals surface area contributed by atoms with E-state index >= 15 is 0 Å². The Bertz CT molecular complexity index is 623. The fourth-order valence-electron chi connectivity index (χ4n) is 2.53. The molecule has 0 amide bonds. The summed E-state index contributed by atoms with van der Waals surface area (Å²) >= 11 is 0. The van der Waals surface area contributed by atoms with Gasteiger partial charge in [-0.3, -0.25) is 0 Å². The van der Waals surface area contributed by atoms with Crippen molar-refractivity contribution >= 4 is 0 Å². The first-order valence-electron chi connectivity index (χ1n) is 7.59. The Kier molecular flexibility index (Phi) is 4.61. The summed E-state index contributed by atoms with van der Waals surface area (Å²) in [5.41, 5.74) is 3.23. The molecule has 2 N–H and O–H groups in total. The lowest BCUT2D eigenvalue weighted by Crippen LogP contribution is -2.19. The molecule has 0 bridgehead atoms. The topological polar surface area (TPSA) is 50.7 Å². The van der Waals surface area contributed by atoms with Crippen molar-refractivity contribution in [3.05, 3.63) is 59.2 Å². The molecule has 2 aromatic carbocycles. The lowest BCUT2D eigenvalue weighted by Gasteiger charge is -2.21. The number of fused-ring (bicyclic) bond motifs is 1. The van der Waals surface area contributed by atoms with Gasteiger partial charge in [0, 0.05) is 18.7 Å². The van der Waals surface area contributed by atoms with E-state index in [1.165, 1.54) is 5.56 Å². The van der Waals surface area contributed by atoms with E-state index in [1.54, 1.807) is 6.92 Å². The summed E-state index contributed by atoms with van der Waals surface area (Å²) in [4.78, 5) is 0. The van der Waals surface area contributed by atoms with E-state index in [2.05, 4.69) is 11.4 Å². The average Bonchev–Trinajstić information content (AvgIpc) is 2.55. The Hall–Kier alpha value is -2.04. The number of ether oxygens (including phenoxy) is 2. The predicted molar refractivity (Wildman–Crippen MR) is 85.1 cm³/mol. The zero-order valence-corrected chi connectivity index (χ0v) is 12.7. The van der Waals surface area contributed by atoms with Crippen LogP contribution >= 0.6 is 0 Å². The summed E-state index contributed by atoms with van der Waals surface area (Å²) in [5.74, 6) is 1.68. The van der Waals surface area contributed by atoms with Gasteiger partial charge < -0.3 is 19.9 Å². The van der Waals surface area contributed by atoms with Gasteiger partial charge in [-0.1, -0.05) is 36.4 Å². The first-order valence-corrected chi connectivity index (χ1v) is 7.59. The van der Waals surface area contributed by atoms with Crippen molar-refractivity contribution < 1.29 is 14.6 Å². The molecule has 1 atom stereocenters. The van der Waals surface area contributed by atoms with E-state index in [-0.39, 0.29) is 0 Å². The highest BCUT2D eigenvalue weighted by molar-refractivity contribution is 5.47. The summed E-state index contributed by atoms with van der Waals surface area (Å²) in [7, 11) is 0. The molecule has 0 aliphatic carbocycles. The summed E-state index contributed by atoms with van der Waals surface area (Å²) in [5, 5.41) is 12.9. The minimum atomic E-state index is -0.421. The Morgan fingerprint density at radius 3 is 2.59 bits per heavy atom. The maximum absolute atomic E-state index is 9.51. The highest BCUT2D eigenvalue weighted by atomic mass is 16.6. The molecular formula is C18H21NO3. The van der Waals surface area contributed by atoms with Crippen LogP contribution in [0.3, 0.4) is 0 Å². The first kappa shape index (κ1) is 14.9. The van der Waals surface area contributed by atoms with Crippen LogP contribution in [0.4, 0.5) is 0 Å². The van der Waals surface area contributed by atoms with Gasteiger partial charge in [-0.05, 0) is 24.1 Å². The predicted octanol–water partition coefficient (Wildman–Crippen LogP) is 2.80. The maximum Gasteiger partial charge on any atom is 0.165 e. The minimum Gasteiger partial charge on any atom is -0.486 e. The van der Waals surface area contributed by atoms with Crippen LogP contribution < -0.4 is 14.8 Å². The molecule has 2 aromatic rings. The van der Waals surface area contributed by atoms with Crippen molar-refractivity contribution in [3.63, 3.8) is 0 Å². The van der Waals surface area contributed by atoms with Gasteiger partial charge in [0.25, 0.3) is 0 Å². The van der Waals surface area contributed by atoms with Crippen molar-refractivity contribution in [1.29, 1.82) is 0 Å². The van der Waals surface area contributed by atoms with Gasteiger partial charge in [-0.25, -0.2) is 0 Å². The number of para-hydroxylation sites is 1. The van der Waals surface area contributed by atoms with Crippen LogP contribution in [0.25, 0.3) is 0 Å². The van der Waals surface area contributed by atoms with Crippen molar-refractivity contribution in [2.24, 2.45) is 0 Å². The molecule has 4 heteroatoms. The molecule has 0 fully saturated rings. The first-order chi connectivity index (χ1) is 10.7. The second-order valence-corrected chi connectivity index (χ2v) is 5.46. The monoisotopic (exact) mass is 299 g/mol. The van der Waals surface area contributed by atoms with Gasteiger partial charge in [0.05, 0.1) is 6.10 Å². The van der Waals surface area contributed by atoms with Crippen LogP contribution in [0, 0.1) is 0 Å². The third kappa shape index (κ3) is 3.40. The largest absolute Gasteiger partial charge is 0.486 e. The molecule has 0 radical (unpaired) electrons. The zero-order valence-electron chi connectivity index (χ0n) is 12.7. The number of hydrogen-bond donors (Lipinski definition) is 2. The van der Waals surface area contributed by atoms with Crippen LogP contribution in [-0.4, -0.2) is 18.3 Å². The van der Waals surface area contributed by atoms with Crippen molar-refractivity contribution in [2.75, 3.05) is 13.2 Å². The van der Waals surface area contributed by atoms with E-state index in [0.717, 1.165) is 35.7 Å². The van der Waals surface area contributed by atoms with Crippen molar-refractivity contribution in [1.82, 2.24) is 5.32 Å². The normalized spacial score (nSPS) is 14.6. The van der Waals surface area contributed by atoms with Gasteiger partial charge in [0.1, 0.15) is 13.2 Å². The molecule has 1 unspecified atom stereocenters. The summed E-state index contributed by atoms with van der Waals surface area (Å²) in [6, 6.07) is 14.0. The standard InChI is InChI=1S/C18H21NO3/c1-13(20)15-7-5-14(6-8-15)11-19-12-16-3-2-4-17-18(16)22-10-9-21-17/h2-8,13,19-20H,9-12H2,1H3. The Labute approximate surface area is 130 Å². The van der Waals surface area contributed by atoms with Gasteiger partial charge in [0.2, 0.25) is 0 Å². The third-order valence-electron chi connectivity index (χ3n) is 3.75. The van der Waals surface area contributed by atoms with Gasteiger partial charge in [0.15, 0.2) is 11.5 Å². The maximum atomic E-state index is 9.51. The molecule has 1 aliphatic heterocycles. The molecule has 4 nitrogen and oxygen atoms in total. The SMILES string of the molecule is CC(O)c1ccc(CNCc2cccc3c2OCCO3)cc1. The number of aliphatic hydroxyl groups is 1. The average molecular weight is 299 g/mol. The van der Waals surface area contributed by atoms with Crippen LogP contribution in [0.5, 0.6) is 11.5 Å². The van der Waals surface area contributed by atoms with Crippen LogP contribution in [0.2, 0.25) is 0 Å². The Balaban J connectivity index is 1.59. The number of rotatable bonds is 5. The summed E-state index contributed by atoms with van der Waals surface area (Å²) in [6.07, 6.45) is -0.421.